The number of nitrogen functional groups attached to an aromatic ring is 1. The quantitative estimate of drug-likeness (QED) is 0.160. The number of anilines is 2. The third-order valence-corrected chi connectivity index (χ3v) is 9.41. The molecule has 0 radical (unpaired) electrons. The Kier molecular flexibility index (Phi) is 8.53. The van der Waals surface area contributed by atoms with E-state index in [0.717, 1.165) is 60.6 Å². The second-order valence-corrected chi connectivity index (χ2v) is 12.6. The number of ether oxygens (including phenoxy) is 2. The number of nitrogens with two attached hydrogens (primary N) is 2. The van der Waals surface area contributed by atoms with Crippen molar-refractivity contribution in [3.05, 3.63) is 87.0 Å². The molecular weight excluding hydrogens is 524 g/mol. The Morgan fingerprint density at radius 3 is 2.60 bits per heavy atom. The van der Waals surface area contributed by atoms with Gasteiger partial charge in [-0.3, -0.25) is 9.69 Å². The molecular formula is C35H46N4O3. The lowest BCUT2D eigenvalue weighted by Crippen LogP contribution is -2.34. The van der Waals surface area contributed by atoms with Crippen molar-refractivity contribution >= 4 is 17.3 Å². The zero-order valence-electron chi connectivity index (χ0n) is 26.0. The van der Waals surface area contributed by atoms with E-state index in [1.165, 1.54) is 52.8 Å². The molecule has 7 heteroatoms. The van der Waals surface area contributed by atoms with Crippen molar-refractivity contribution in [3.63, 3.8) is 0 Å². The lowest BCUT2D eigenvalue weighted by molar-refractivity contribution is -0.151. The van der Waals surface area contributed by atoms with Crippen LogP contribution in [0.4, 0.5) is 11.4 Å². The average molecular weight is 571 g/mol. The topological polar surface area (TPSA) is 94.0 Å². The molecule has 3 aromatic carbocycles. The number of methoxy groups -OCH3 is 1. The number of hydrogen-bond acceptors (Lipinski definition) is 7. The molecule has 4 N–H and O–H groups in total. The van der Waals surface area contributed by atoms with Crippen molar-refractivity contribution < 1.29 is 14.3 Å². The van der Waals surface area contributed by atoms with Crippen LogP contribution in [0, 0.1) is 19.3 Å². The molecule has 0 saturated heterocycles. The molecule has 1 heterocycles. The molecule has 0 aromatic heterocycles. The van der Waals surface area contributed by atoms with Gasteiger partial charge in [-0.15, -0.1) is 0 Å². The van der Waals surface area contributed by atoms with Crippen LogP contribution in [0.3, 0.4) is 0 Å². The summed E-state index contributed by atoms with van der Waals surface area (Å²) in [7, 11) is 3.22. The summed E-state index contributed by atoms with van der Waals surface area (Å²) >= 11 is 0. The number of hydrazine groups is 1. The predicted molar refractivity (Wildman–Crippen MR) is 170 cm³/mol. The van der Waals surface area contributed by atoms with Gasteiger partial charge in [-0.1, -0.05) is 30.3 Å². The highest BCUT2D eigenvalue weighted by Crippen LogP contribution is 2.45. The molecule has 0 saturated carbocycles. The van der Waals surface area contributed by atoms with Crippen LogP contribution < -0.4 is 21.3 Å². The number of carbonyl (C=O) groups excluding carboxylic acids is 1. The number of hydrogen-bond donors (Lipinski definition) is 2. The summed E-state index contributed by atoms with van der Waals surface area (Å²) in [4.78, 5) is 15.7. The number of rotatable bonds is 7. The van der Waals surface area contributed by atoms with E-state index in [2.05, 4.69) is 42.2 Å². The number of aryl methyl sites for hydroxylation is 2. The largest absolute Gasteiger partial charge is 0.492 e. The van der Waals surface area contributed by atoms with Gasteiger partial charge in [0.15, 0.2) is 0 Å². The van der Waals surface area contributed by atoms with Gasteiger partial charge in [0.1, 0.15) is 12.4 Å². The van der Waals surface area contributed by atoms with Crippen LogP contribution in [-0.2, 0) is 35.5 Å². The van der Waals surface area contributed by atoms with Gasteiger partial charge in [-0.05, 0) is 104 Å². The smallest absolute Gasteiger partial charge is 0.312 e. The van der Waals surface area contributed by atoms with Crippen LogP contribution in [0.1, 0.15) is 77.1 Å². The molecule has 1 aliphatic heterocycles. The van der Waals surface area contributed by atoms with E-state index in [1.54, 1.807) is 7.05 Å². The molecule has 7 nitrogen and oxygen atoms in total. The van der Waals surface area contributed by atoms with Gasteiger partial charge in [-0.2, -0.15) is 0 Å². The number of carbonyl (C=O) groups is 1. The lowest BCUT2D eigenvalue weighted by Gasteiger charge is -2.35. The fourth-order valence-corrected chi connectivity index (χ4v) is 6.91. The first-order chi connectivity index (χ1) is 20.0. The van der Waals surface area contributed by atoms with E-state index < -0.39 is 5.41 Å². The lowest BCUT2D eigenvalue weighted by atomic mass is 9.69. The summed E-state index contributed by atoms with van der Waals surface area (Å²) < 4.78 is 11.6. The number of esters is 1. The van der Waals surface area contributed by atoms with Crippen LogP contribution in [0.15, 0.2) is 42.5 Å². The van der Waals surface area contributed by atoms with Crippen molar-refractivity contribution in [2.45, 2.75) is 72.4 Å². The third-order valence-electron chi connectivity index (χ3n) is 9.41. The van der Waals surface area contributed by atoms with Gasteiger partial charge in [-0.25, -0.2) is 5.84 Å². The van der Waals surface area contributed by atoms with Crippen molar-refractivity contribution in [2.24, 2.45) is 11.3 Å². The van der Waals surface area contributed by atoms with Crippen LogP contribution in [0.5, 0.6) is 5.75 Å². The van der Waals surface area contributed by atoms with E-state index >= 15 is 0 Å². The molecule has 0 spiro atoms. The summed E-state index contributed by atoms with van der Waals surface area (Å²) in [6.07, 6.45) is 4.81. The van der Waals surface area contributed by atoms with Gasteiger partial charge in [0.25, 0.3) is 0 Å². The maximum Gasteiger partial charge on any atom is 0.312 e. The maximum absolute atomic E-state index is 13.2. The second-order valence-electron chi connectivity index (χ2n) is 12.6. The van der Waals surface area contributed by atoms with Crippen LogP contribution in [-0.4, -0.2) is 38.2 Å². The van der Waals surface area contributed by atoms with Gasteiger partial charge < -0.3 is 20.2 Å². The monoisotopic (exact) mass is 570 g/mol. The normalized spacial score (nSPS) is 16.1. The first-order valence-electron chi connectivity index (χ1n) is 15.1. The van der Waals surface area contributed by atoms with Crippen LogP contribution >= 0.6 is 0 Å². The Morgan fingerprint density at radius 1 is 1.10 bits per heavy atom. The van der Waals surface area contributed by atoms with E-state index in [0.29, 0.717) is 12.3 Å². The van der Waals surface area contributed by atoms with E-state index in [4.69, 9.17) is 21.1 Å². The summed E-state index contributed by atoms with van der Waals surface area (Å²) in [6, 6.07) is 15.0. The van der Waals surface area contributed by atoms with Crippen molar-refractivity contribution in [1.82, 2.24) is 4.90 Å². The molecule has 5 rings (SSSR count). The van der Waals surface area contributed by atoms with Gasteiger partial charge in [0.05, 0.1) is 23.9 Å². The highest BCUT2D eigenvalue weighted by atomic mass is 16.5. The molecule has 0 bridgehead atoms. The minimum Gasteiger partial charge on any atom is -0.492 e. The molecule has 1 aliphatic carbocycles. The molecule has 3 aromatic rings. The van der Waals surface area contributed by atoms with Gasteiger partial charge >= 0.3 is 5.97 Å². The average Bonchev–Trinajstić information content (AvgIpc) is 3.18. The van der Waals surface area contributed by atoms with E-state index in [-0.39, 0.29) is 11.9 Å². The zero-order chi connectivity index (χ0) is 30.2. The Balaban J connectivity index is 1.53. The number of fused-ring (bicyclic) bond motifs is 3. The second kappa shape index (κ2) is 12.0. The van der Waals surface area contributed by atoms with Crippen molar-refractivity contribution in [3.8, 4) is 5.75 Å². The summed E-state index contributed by atoms with van der Waals surface area (Å²) in [5.41, 5.74) is 16.9. The first-order valence-corrected chi connectivity index (χ1v) is 15.1. The SMILES string of the molecule is COC(=O)C(C)(C)C(c1ccc(C)c(CN2CCOc3ccc4c(c3C2)CCCC4)c1)c1ccc(N(C)N)c(N)c1C. The highest BCUT2D eigenvalue weighted by molar-refractivity contribution is 5.80. The molecule has 2 aliphatic rings. The minimum absolute atomic E-state index is 0.265. The molecule has 0 amide bonds. The Morgan fingerprint density at radius 2 is 1.86 bits per heavy atom. The Bertz CT molecular complexity index is 1480. The van der Waals surface area contributed by atoms with Crippen LogP contribution in [0.2, 0.25) is 0 Å². The molecule has 0 fully saturated rings. The van der Waals surface area contributed by atoms with Crippen molar-refractivity contribution in [1.29, 1.82) is 0 Å². The van der Waals surface area contributed by atoms with Gasteiger partial charge in [0.2, 0.25) is 0 Å². The molecule has 224 valence electrons. The summed E-state index contributed by atoms with van der Waals surface area (Å²) in [6.45, 7) is 11.3. The third kappa shape index (κ3) is 5.60. The van der Waals surface area contributed by atoms with E-state index in [1.807, 2.05) is 32.9 Å². The highest BCUT2D eigenvalue weighted by Gasteiger charge is 2.41. The maximum atomic E-state index is 13.2. The Hall–Kier alpha value is -3.55. The van der Waals surface area contributed by atoms with E-state index in [9.17, 15) is 4.79 Å². The summed E-state index contributed by atoms with van der Waals surface area (Å²) in [5.74, 6) is 6.55. The predicted octanol–water partition coefficient (Wildman–Crippen LogP) is 5.80. The van der Waals surface area contributed by atoms with Crippen LogP contribution in [0.25, 0.3) is 0 Å². The fourth-order valence-electron chi connectivity index (χ4n) is 6.91. The minimum atomic E-state index is -0.844. The fraction of sp³-hybridized carbons (Fsp3) is 0.457. The van der Waals surface area contributed by atoms with Crippen molar-refractivity contribution in [2.75, 3.05) is 38.1 Å². The molecule has 1 atom stereocenters. The number of benzene rings is 3. The summed E-state index contributed by atoms with van der Waals surface area (Å²) in [5, 5.41) is 1.52. The molecule has 1 unspecified atom stereocenters. The first kappa shape index (κ1) is 29.9. The number of nitrogens with zero attached hydrogens (tertiary/aromatic N) is 2. The standard InChI is InChI=1S/C35H46N4O3/c1-22-11-12-25(32(35(3,4)34(40)41-6)27-14-15-30(38(5)37)33(36)23(27)2)19-26(22)20-39-17-18-42-31-16-13-24-9-7-8-10-28(24)29(31)21-39/h11-16,19,32H,7-10,17-18,20-21,36-37H2,1-6H3. The Labute approximate surface area is 250 Å². The molecule has 42 heavy (non-hydrogen) atoms. The zero-order valence-corrected chi connectivity index (χ0v) is 26.0. The van der Waals surface area contributed by atoms with Gasteiger partial charge in [0, 0.05) is 38.2 Å².